The molecule has 0 saturated heterocycles. The van der Waals surface area contributed by atoms with Crippen molar-refractivity contribution in [2.45, 2.75) is 40.0 Å². The number of fused-ring (bicyclic) bond motifs is 1. The molecule has 0 saturated carbocycles. The standard InChI is InChI=1S/C24H24BrN5O/c1-5-15(2)23-28-22-9-8-19(25)12-21(22)24(31)30(23)27-13-18-11-16(3)29(17(18)4)20-7-6-10-26-14-20/h6-15H,5H2,1-4H3/t15-/m1/s1. The second kappa shape index (κ2) is 8.59. The number of halogens is 1. The number of rotatable bonds is 5. The number of nitrogens with zero attached hydrogens (tertiary/aromatic N) is 5. The average molecular weight is 478 g/mol. The fourth-order valence-corrected chi connectivity index (χ4v) is 4.06. The maximum Gasteiger partial charge on any atom is 0.282 e. The smallest absolute Gasteiger partial charge is 0.282 e. The third-order valence-corrected chi connectivity index (χ3v) is 6.07. The van der Waals surface area contributed by atoms with Gasteiger partial charge in [-0.15, -0.1) is 0 Å². The molecule has 0 aliphatic rings. The number of benzene rings is 1. The Labute approximate surface area is 189 Å². The van der Waals surface area contributed by atoms with Crippen molar-refractivity contribution >= 4 is 33.0 Å². The van der Waals surface area contributed by atoms with Gasteiger partial charge in [0.1, 0.15) is 5.82 Å². The minimum Gasteiger partial charge on any atom is -0.316 e. The summed E-state index contributed by atoms with van der Waals surface area (Å²) < 4.78 is 4.41. The van der Waals surface area contributed by atoms with E-state index >= 15 is 0 Å². The van der Waals surface area contributed by atoms with Crippen LogP contribution in [0.4, 0.5) is 0 Å². The lowest BCUT2D eigenvalue weighted by molar-refractivity contribution is 0.613. The molecule has 3 aromatic heterocycles. The van der Waals surface area contributed by atoms with Gasteiger partial charge in [-0.1, -0.05) is 29.8 Å². The SMILES string of the molecule is CC[C@@H](C)c1nc2ccc(Br)cc2c(=O)n1N=Cc1cc(C)n(-c2cccnc2)c1C. The van der Waals surface area contributed by atoms with Crippen LogP contribution < -0.4 is 5.56 Å². The second-order valence-electron chi connectivity index (χ2n) is 7.68. The van der Waals surface area contributed by atoms with Gasteiger partial charge in [0, 0.05) is 33.5 Å². The van der Waals surface area contributed by atoms with E-state index < -0.39 is 0 Å². The van der Waals surface area contributed by atoms with Crippen LogP contribution in [0.3, 0.4) is 0 Å². The van der Waals surface area contributed by atoms with E-state index in [9.17, 15) is 4.79 Å². The Morgan fingerprint density at radius 1 is 1.23 bits per heavy atom. The van der Waals surface area contributed by atoms with Crippen LogP contribution in [0.15, 0.2) is 63.2 Å². The van der Waals surface area contributed by atoms with Crippen molar-refractivity contribution in [3.63, 3.8) is 0 Å². The van der Waals surface area contributed by atoms with E-state index in [1.54, 1.807) is 18.5 Å². The van der Waals surface area contributed by atoms with Crippen molar-refractivity contribution < 1.29 is 0 Å². The zero-order chi connectivity index (χ0) is 22.1. The molecule has 7 heteroatoms. The third-order valence-electron chi connectivity index (χ3n) is 5.57. The summed E-state index contributed by atoms with van der Waals surface area (Å²) in [7, 11) is 0. The largest absolute Gasteiger partial charge is 0.316 e. The molecule has 0 spiro atoms. The van der Waals surface area contributed by atoms with Crippen molar-refractivity contribution in [1.29, 1.82) is 0 Å². The van der Waals surface area contributed by atoms with Crippen molar-refractivity contribution in [3.05, 3.63) is 86.4 Å². The average Bonchev–Trinajstić information content (AvgIpc) is 3.06. The van der Waals surface area contributed by atoms with Gasteiger partial charge in [-0.25, -0.2) is 4.98 Å². The van der Waals surface area contributed by atoms with Crippen LogP contribution in [0.5, 0.6) is 0 Å². The fourth-order valence-electron chi connectivity index (χ4n) is 3.70. The summed E-state index contributed by atoms with van der Waals surface area (Å²) in [6, 6.07) is 11.6. The third kappa shape index (κ3) is 3.97. The zero-order valence-corrected chi connectivity index (χ0v) is 19.6. The van der Waals surface area contributed by atoms with Gasteiger partial charge in [-0.3, -0.25) is 9.78 Å². The minimum absolute atomic E-state index is 0.0979. The molecule has 158 valence electrons. The highest BCUT2D eigenvalue weighted by molar-refractivity contribution is 9.10. The first-order valence-corrected chi connectivity index (χ1v) is 11.1. The first kappa shape index (κ1) is 21.2. The molecule has 1 atom stereocenters. The molecule has 0 N–H and O–H groups in total. The summed E-state index contributed by atoms with van der Waals surface area (Å²) in [4.78, 5) is 22.3. The van der Waals surface area contributed by atoms with Crippen LogP contribution in [0.1, 0.15) is 49.0 Å². The predicted octanol–water partition coefficient (Wildman–Crippen LogP) is 5.36. The number of pyridine rings is 1. The fraction of sp³-hybridized carbons (Fsp3) is 0.250. The maximum atomic E-state index is 13.3. The predicted molar refractivity (Wildman–Crippen MR) is 128 cm³/mol. The Balaban J connectivity index is 1.85. The molecule has 6 nitrogen and oxygen atoms in total. The van der Waals surface area contributed by atoms with Crippen LogP contribution in [-0.2, 0) is 0 Å². The highest BCUT2D eigenvalue weighted by Crippen LogP contribution is 2.22. The molecule has 4 rings (SSSR count). The zero-order valence-electron chi connectivity index (χ0n) is 18.0. The number of aryl methyl sites for hydroxylation is 1. The molecule has 0 unspecified atom stereocenters. The first-order chi connectivity index (χ1) is 14.9. The Hall–Kier alpha value is -3.06. The van der Waals surface area contributed by atoms with Crippen molar-refractivity contribution in [2.75, 3.05) is 0 Å². The lowest BCUT2D eigenvalue weighted by atomic mass is 10.1. The first-order valence-electron chi connectivity index (χ1n) is 10.3. The number of aromatic nitrogens is 4. The van der Waals surface area contributed by atoms with E-state index in [4.69, 9.17) is 4.98 Å². The summed E-state index contributed by atoms with van der Waals surface area (Å²) in [5.74, 6) is 0.764. The molecular weight excluding hydrogens is 454 g/mol. The van der Waals surface area contributed by atoms with Gasteiger partial charge in [0.2, 0.25) is 0 Å². The van der Waals surface area contributed by atoms with Gasteiger partial charge in [-0.2, -0.15) is 9.78 Å². The van der Waals surface area contributed by atoms with Gasteiger partial charge in [0.05, 0.1) is 29.0 Å². The molecule has 0 fully saturated rings. The van der Waals surface area contributed by atoms with Crippen LogP contribution in [0, 0.1) is 13.8 Å². The molecule has 1 aromatic carbocycles. The molecular formula is C24H24BrN5O. The Morgan fingerprint density at radius 3 is 2.74 bits per heavy atom. The van der Waals surface area contributed by atoms with Gasteiger partial charge < -0.3 is 4.57 Å². The Morgan fingerprint density at radius 2 is 2.03 bits per heavy atom. The molecule has 0 bridgehead atoms. The molecule has 4 aromatic rings. The quantitative estimate of drug-likeness (QED) is 0.363. The lowest BCUT2D eigenvalue weighted by Crippen LogP contribution is -2.23. The number of hydrogen-bond donors (Lipinski definition) is 0. The highest BCUT2D eigenvalue weighted by Gasteiger charge is 2.16. The van der Waals surface area contributed by atoms with Gasteiger partial charge in [-0.05, 0) is 56.7 Å². The highest BCUT2D eigenvalue weighted by atomic mass is 79.9. The van der Waals surface area contributed by atoms with E-state index in [1.165, 1.54) is 4.68 Å². The van der Waals surface area contributed by atoms with E-state index in [2.05, 4.69) is 50.5 Å². The van der Waals surface area contributed by atoms with Gasteiger partial charge in [0.25, 0.3) is 5.56 Å². The van der Waals surface area contributed by atoms with Gasteiger partial charge in [0.15, 0.2) is 0 Å². The lowest BCUT2D eigenvalue weighted by Gasteiger charge is -2.14. The monoisotopic (exact) mass is 477 g/mol. The summed E-state index contributed by atoms with van der Waals surface area (Å²) in [6.07, 6.45) is 6.19. The topological polar surface area (TPSA) is 65.1 Å². The molecule has 3 heterocycles. The van der Waals surface area contributed by atoms with Crippen molar-refractivity contribution in [2.24, 2.45) is 5.10 Å². The van der Waals surface area contributed by atoms with E-state index in [0.717, 1.165) is 33.5 Å². The molecule has 0 radical (unpaired) electrons. The summed E-state index contributed by atoms with van der Waals surface area (Å²) in [6.45, 7) is 8.23. The summed E-state index contributed by atoms with van der Waals surface area (Å²) in [5.41, 5.74) is 4.55. The van der Waals surface area contributed by atoms with Crippen molar-refractivity contribution in [1.82, 2.24) is 19.2 Å². The molecule has 0 amide bonds. The number of hydrogen-bond acceptors (Lipinski definition) is 4. The molecule has 31 heavy (non-hydrogen) atoms. The molecule has 0 aliphatic heterocycles. The van der Waals surface area contributed by atoms with Crippen LogP contribution in [-0.4, -0.2) is 25.4 Å². The summed E-state index contributed by atoms with van der Waals surface area (Å²) >= 11 is 3.45. The van der Waals surface area contributed by atoms with Gasteiger partial charge >= 0.3 is 0 Å². The van der Waals surface area contributed by atoms with Crippen LogP contribution in [0.25, 0.3) is 16.6 Å². The van der Waals surface area contributed by atoms with E-state index in [-0.39, 0.29) is 11.5 Å². The van der Waals surface area contributed by atoms with Crippen LogP contribution >= 0.6 is 15.9 Å². The Bertz CT molecular complexity index is 1340. The Kier molecular flexibility index (Phi) is 5.87. The van der Waals surface area contributed by atoms with Crippen LogP contribution in [0.2, 0.25) is 0 Å². The second-order valence-corrected chi connectivity index (χ2v) is 8.59. The molecule has 0 aliphatic carbocycles. The van der Waals surface area contributed by atoms with E-state index in [1.807, 2.05) is 44.3 Å². The van der Waals surface area contributed by atoms with E-state index in [0.29, 0.717) is 16.7 Å². The summed E-state index contributed by atoms with van der Waals surface area (Å²) in [5, 5.41) is 5.15. The minimum atomic E-state index is -0.168. The normalized spacial score (nSPS) is 12.7. The maximum absolute atomic E-state index is 13.3. The van der Waals surface area contributed by atoms with Crippen molar-refractivity contribution in [3.8, 4) is 5.69 Å².